The van der Waals surface area contributed by atoms with Gasteiger partial charge in [0.1, 0.15) is 17.3 Å². The third kappa shape index (κ3) is 3.24. The number of benzene rings is 1. The molecule has 108 valence electrons. The van der Waals surface area contributed by atoms with Crippen LogP contribution in [0.25, 0.3) is 0 Å². The van der Waals surface area contributed by atoms with Crippen LogP contribution in [-0.2, 0) is 23.1 Å². The Kier molecular flexibility index (Phi) is 4.22. The third-order valence-corrected chi connectivity index (χ3v) is 4.25. The van der Waals surface area contributed by atoms with E-state index in [1.807, 2.05) is 0 Å². The van der Waals surface area contributed by atoms with Crippen LogP contribution in [0.2, 0.25) is 0 Å². The highest BCUT2D eigenvalue weighted by Gasteiger charge is 2.19. The first-order chi connectivity index (χ1) is 9.42. The van der Waals surface area contributed by atoms with Gasteiger partial charge in [-0.05, 0) is 36.8 Å². The molecular formula is C13H15FN2O3S. The minimum atomic E-state index is -3.84. The monoisotopic (exact) mass is 298 g/mol. The van der Waals surface area contributed by atoms with Crippen molar-refractivity contribution >= 4 is 10.0 Å². The molecule has 0 spiro atoms. The van der Waals surface area contributed by atoms with Crippen molar-refractivity contribution in [3.63, 3.8) is 0 Å². The first-order valence-electron chi connectivity index (χ1n) is 5.96. The van der Waals surface area contributed by atoms with Crippen LogP contribution in [0.4, 0.5) is 4.39 Å². The molecule has 0 aliphatic carbocycles. The molecule has 20 heavy (non-hydrogen) atoms. The summed E-state index contributed by atoms with van der Waals surface area (Å²) in [7, 11) is -3.84. The molecule has 1 aromatic carbocycles. The number of nitrogens with two attached hydrogens (primary N) is 1. The van der Waals surface area contributed by atoms with Gasteiger partial charge in [-0.2, -0.15) is 0 Å². The van der Waals surface area contributed by atoms with Crippen LogP contribution in [0.1, 0.15) is 17.1 Å². The standard InChI is InChI=1S/C13H15FN2O3S/c1-9-2-5-12(19-9)8-16-20(17,18)13-6-11(14)4-3-10(13)7-15/h2-6,16H,7-8,15H2,1H3. The van der Waals surface area contributed by atoms with Crippen LogP contribution in [0.15, 0.2) is 39.6 Å². The highest BCUT2D eigenvalue weighted by molar-refractivity contribution is 7.89. The van der Waals surface area contributed by atoms with Crippen LogP contribution in [0, 0.1) is 12.7 Å². The summed E-state index contributed by atoms with van der Waals surface area (Å²) in [5.41, 5.74) is 5.83. The Labute approximate surface area is 116 Å². The van der Waals surface area contributed by atoms with Crippen LogP contribution in [0.5, 0.6) is 0 Å². The zero-order chi connectivity index (χ0) is 14.8. The van der Waals surface area contributed by atoms with Gasteiger partial charge < -0.3 is 10.2 Å². The van der Waals surface area contributed by atoms with Gasteiger partial charge in [0, 0.05) is 6.54 Å². The molecule has 0 amide bonds. The average Bonchev–Trinajstić information content (AvgIpc) is 2.82. The SMILES string of the molecule is Cc1ccc(CNS(=O)(=O)c2cc(F)ccc2CN)o1. The lowest BCUT2D eigenvalue weighted by Crippen LogP contribution is -2.24. The molecule has 7 heteroatoms. The first kappa shape index (κ1) is 14.7. The molecule has 0 unspecified atom stereocenters. The first-order valence-corrected chi connectivity index (χ1v) is 7.44. The van der Waals surface area contributed by atoms with Crippen molar-refractivity contribution in [2.45, 2.75) is 24.9 Å². The van der Waals surface area contributed by atoms with Gasteiger partial charge in [0.2, 0.25) is 10.0 Å². The normalized spacial score (nSPS) is 11.8. The van der Waals surface area contributed by atoms with Gasteiger partial charge in [-0.1, -0.05) is 6.07 Å². The maximum atomic E-state index is 13.2. The second kappa shape index (κ2) is 5.74. The number of sulfonamides is 1. The number of aryl methyl sites for hydroxylation is 1. The number of nitrogens with one attached hydrogen (secondary N) is 1. The second-order valence-electron chi connectivity index (χ2n) is 4.29. The topological polar surface area (TPSA) is 85.3 Å². The number of furan rings is 1. The highest BCUT2D eigenvalue weighted by atomic mass is 32.2. The summed E-state index contributed by atoms with van der Waals surface area (Å²) in [5, 5.41) is 0. The summed E-state index contributed by atoms with van der Waals surface area (Å²) < 4.78 is 45.2. The van der Waals surface area contributed by atoms with Crippen molar-refractivity contribution in [1.82, 2.24) is 4.72 Å². The lowest BCUT2D eigenvalue weighted by atomic mass is 10.2. The van der Waals surface area contributed by atoms with E-state index in [4.69, 9.17) is 10.2 Å². The molecular weight excluding hydrogens is 283 g/mol. The van der Waals surface area contributed by atoms with Crippen LogP contribution in [0.3, 0.4) is 0 Å². The van der Waals surface area contributed by atoms with Crippen molar-refractivity contribution in [1.29, 1.82) is 0 Å². The Morgan fingerprint density at radius 1 is 1.30 bits per heavy atom. The Morgan fingerprint density at radius 2 is 2.05 bits per heavy atom. The van der Waals surface area contributed by atoms with E-state index in [-0.39, 0.29) is 18.0 Å². The predicted octanol–water partition coefficient (Wildman–Crippen LogP) is 1.66. The van der Waals surface area contributed by atoms with E-state index < -0.39 is 15.8 Å². The average molecular weight is 298 g/mol. The molecule has 3 N–H and O–H groups in total. The van der Waals surface area contributed by atoms with Crippen molar-refractivity contribution in [2.75, 3.05) is 0 Å². The molecule has 5 nitrogen and oxygen atoms in total. The van der Waals surface area contributed by atoms with Gasteiger partial charge in [-0.3, -0.25) is 0 Å². The molecule has 0 aliphatic rings. The zero-order valence-electron chi connectivity index (χ0n) is 10.9. The van der Waals surface area contributed by atoms with E-state index in [2.05, 4.69) is 4.72 Å². The van der Waals surface area contributed by atoms with Gasteiger partial charge >= 0.3 is 0 Å². The van der Waals surface area contributed by atoms with E-state index in [9.17, 15) is 12.8 Å². The number of hydrogen-bond acceptors (Lipinski definition) is 4. The Morgan fingerprint density at radius 3 is 2.65 bits per heavy atom. The molecule has 1 aromatic heterocycles. The van der Waals surface area contributed by atoms with Crippen LogP contribution < -0.4 is 10.5 Å². The maximum absolute atomic E-state index is 13.2. The fourth-order valence-electron chi connectivity index (χ4n) is 1.77. The summed E-state index contributed by atoms with van der Waals surface area (Å²) in [6, 6.07) is 6.90. The summed E-state index contributed by atoms with van der Waals surface area (Å²) in [6.45, 7) is 1.77. The molecule has 0 fully saturated rings. The van der Waals surface area contributed by atoms with E-state index in [0.29, 0.717) is 17.1 Å². The summed E-state index contributed by atoms with van der Waals surface area (Å²) in [5.74, 6) is 0.542. The highest BCUT2D eigenvalue weighted by Crippen LogP contribution is 2.17. The molecule has 1 heterocycles. The van der Waals surface area contributed by atoms with Crippen molar-refractivity contribution < 1.29 is 17.2 Å². The fourth-order valence-corrected chi connectivity index (χ4v) is 3.02. The predicted molar refractivity (Wildman–Crippen MR) is 71.8 cm³/mol. The second-order valence-corrected chi connectivity index (χ2v) is 6.03. The van der Waals surface area contributed by atoms with Crippen molar-refractivity contribution in [3.8, 4) is 0 Å². The Hall–Kier alpha value is -1.70. The molecule has 2 rings (SSSR count). The Balaban J connectivity index is 2.24. The smallest absolute Gasteiger partial charge is 0.241 e. The summed E-state index contributed by atoms with van der Waals surface area (Å²) in [6.07, 6.45) is 0. The quantitative estimate of drug-likeness (QED) is 0.879. The summed E-state index contributed by atoms with van der Waals surface area (Å²) in [4.78, 5) is -0.150. The lowest BCUT2D eigenvalue weighted by Gasteiger charge is -2.09. The van der Waals surface area contributed by atoms with E-state index in [1.54, 1.807) is 19.1 Å². The summed E-state index contributed by atoms with van der Waals surface area (Å²) >= 11 is 0. The fraction of sp³-hybridized carbons (Fsp3) is 0.231. The van der Waals surface area contributed by atoms with Crippen LogP contribution >= 0.6 is 0 Å². The number of hydrogen-bond donors (Lipinski definition) is 2. The molecule has 0 radical (unpaired) electrons. The van der Waals surface area contributed by atoms with Gasteiger partial charge in [0.15, 0.2) is 0 Å². The van der Waals surface area contributed by atoms with Gasteiger partial charge in [-0.25, -0.2) is 17.5 Å². The molecule has 0 atom stereocenters. The number of halogens is 1. The van der Waals surface area contributed by atoms with Gasteiger partial charge in [0.25, 0.3) is 0 Å². The van der Waals surface area contributed by atoms with Gasteiger partial charge in [-0.15, -0.1) is 0 Å². The Bertz CT molecular complexity index is 710. The van der Waals surface area contributed by atoms with Crippen LogP contribution in [-0.4, -0.2) is 8.42 Å². The molecule has 0 saturated carbocycles. The van der Waals surface area contributed by atoms with E-state index in [0.717, 1.165) is 6.07 Å². The third-order valence-electron chi connectivity index (χ3n) is 2.77. The van der Waals surface area contributed by atoms with Crippen molar-refractivity contribution in [2.24, 2.45) is 5.73 Å². The molecule has 2 aromatic rings. The lowest BCUT2D eigenvalue weighted by molar-refractivity contribution is 0.475. The molecule has 0 bridgehead atoms. The maximum Gasteiger partial charge on any atom is 0.241 e. The minimum absolute atomic E-state index is 0.00328. The molecule has 0 saturated heterocycles. The largest absolute Gasteiger partial charge is 0.465 e. The molecule has 0 aliphatic heterocycles. The van der Waals surface area contributed by atoms with Gasteiger partial charge in [0.05, 0.1) is 11.4 Å². The van der Waals surface area contributed by atoms with E-state index in [1.165, 1.54) is 12.1 Å². The minimum Gasteiger partial charge on any atom is -0.465 e. The van der Waals surface area contributed by atoms with Crippen molar-refractivity contribution in [3.05, 3.63) is 53.2 Å². The zero-order valence-corrected chi connectivity index (χ0v) is 11.7. The van der Waals surface area contributed by atoms with E-state index >= 15 is 0 Å². The number of rotatable bonds is 5.